The van der Waals surface area contributed by atoms with E-state index in [1.807, 2.05) is 0 Å². The SMILES string of the molecule is COc1cc(/C=C(\NC(=O)c2cc(OC)c(OC)c(OC)c2)C(=O)N[C@@H](C(=O)O)c2ccccc2)cc(OC)c1OC. The van der Waals surface area contributed by atoms with Crippen LogP contribution < -0.4 is 39.1 Å². The Labute approximate surface area is 242 Å². The average molecular weight is 581 g/mol. The van der Waals surface area contributed by atoms with Crippen molar-refractivity contribution in [2.45, 2.75) is 6.04 Å². The van der Waals surface area contributed by atoms with Crippen molar-refractivity contribution in [2.75, 3.05) is 42.7 Å². The summed E-state index contributed by atoms with van der Waals surface area (Å²) in [5.74, 6) is -1.26. The molecule has 0 saturated heterocycles. The fraction of sp³-hybridized carbons (Fsp3) is 0.233. The molecule has 0 heterocycles. The van der Waals surface area contributed by atoms with Crippen LogP contribution in [0.25, 0.3) is 6.08 Å². The summed E-state index contributed by atoms with van der Waals surface area (Å²) in [7, 11) is 8.54. The molecule has 3 aromatic carbocycles. The standard InChI is InChI=1S/C30H32N2O10/c1-37-21-13-17(14-22(38-2)26(21)41-5)12-20(29(34)32-25(30(35)36)18-10-8-7-9-11-18)31-28(33)19-15-23(39-3)27(42-6)24(16-19)40-4/h7-16,25H,1-6H3,(H,31,33)(H,32,34)(H,35,36)/b20-12-/t25-/m1/s1. The van der Waals surface area contributed by atoms with Gasteiger partial charge in [0.05, 0.1) is 42.7 Å². The molecule has 0 unspecified atom stereocenters. The molecular weight excluding hydrogens is 548 g/mol. The van der Waals surface area contributed by atoms with Crippen LogP contribution in [-0.4, -0.2) is 65.5 Å². The van der Waals surface area contributed by atoms with E-state index in [9.17, 15) is 19.5 Å². The molecule has 12 nitrogen and oxygen atoms in total. The molecule has 222 valence electrons. The molecule has 0 fully saturated rings. The first-order valence-electron chi connectivity index (χ1n) is 12.4. The molecule has 2 amide bonds. The first kappa shape index (κ1) is 31.1. The zero-order valence-electron chi connectivity index (χ0n) is 24.0. The van der Waals surface area contributed by atoms with Crippen molar-refractivity contribution >= 4 is 23.9 Å². The third kappa shape index (κ3) is 7.02. The monoisotopic (exact) mass is 580 g/mol. The smallest absolute Gasteiger partial charge is 0.330 e. The van der Waals surface area contributed by atoms with Crippen molar-refractivity contribution < 1.29 is 47.9 Å². The molecule has 0 aliphatic rings. The van der Waals surface area contributed by atoms with Gasteiger partial charge in [0.15, 0.2) is 29.0 Å². The van der Waals surface area contributed by atoms with Crippen LogP contribution in [0.1, 0.15) is 27.5 Å². The van der Waals surface area contributed by atoms with Gasteiger partial charge in [0.2, 0.25) is 11.5 Å². The number of ether oxygens (including phenoxy) is 6. The molecule has 0 spiro atoms. The third-order valence-corrected chi connectivity index (χ3v) is 6.07. The number of hydrogen-bond donors (Lipinski definition) is 3. The average Bonchev–Trinajstić information content (AvgIpc) is 3.01. The lowest BCUT2D eigenvalue weighted by molar-refractivity contribution is -0.141. The van der Waals surface area contributed by atoms with Gasteiger partial charge in [-0.2, -0.15) is 0 Å². The maximum Gasteiger partial charge on any atom is 0.330 e. The number of aliphatic carboxylic acids is 1. The molecule has 0 radical (unpaired) electrons. The van der Waals surface area contributed by atoms with Gasteiger partial charge in [-0.1, -0.05) is 30.3 Å². The van der Waals surface area contributed by atoms with Gasteiger partial charge in [0.25, 0.3) is 11.8 Å². The molecule has 0 aliphatic heterocycles. The normalized spacial score (nSPS) is 11.5. The lowest BCUT2D eigenvalue weighted by Gasteiger charge is -2.18. The summed E-state index contributed by atoms with van der Waals surface area (Å²) in [6.07, 6.45) is 1.35. The second kappa shape index (κ2) is 14.3. The number of amides is 2. The summed E-state index contributed by atoms with van der Waals surface area (Å²) in [6.45, 7) is 0. The van der Waals surface area contributed by atoms with Crippen LogP contribution in [0.4, 0.5) is 0 Å². The Morgan fingerprint density at radius 1 is 0.714 bits per heavy atom. The zero-order valence-corrected chi connectivity index (χ0v) is 24.0. The number of rotatable bonds is 13. The van der Waals surface area contributed by atoms with E-state index >= 15 is 0 Å². The number of carbonyl (C=O) groups excluding carboxylic acids is 2. The van der Waals surface area contributed by atoms with E-state index in [0.29, 0.717) is 28.4 Å². The number of benzene rings is 3. The van der Waals surface area contributed by atoms with Crippen LogP contribution in [0.5, 0.6) is 34.5 Å². The van der Waals surface area contributed by atoms with Crippen LogP contribution in [0.3, 0.4) is 0 Å². The summed E-state index contributed by atoms with van der Waals surface area (Å²) in [4.78, 5) is 39.1. The third-order valence-electron chi connectivity index (χ3n) is 6.07. The fourth-order valence-electron chi connectivity index (χ4n) is 4.06. The van der Waals surface area contributed by atoms with E-state index in [-0.39, 0.29) is 28.5 Å². The maximum absolute atomic E-state index is 13.6. The molecule has 1 atom stereocenters. The van der Waals surface area contributed by atoms with Crippen molar-refractivity contribution in [1.29, 1.82) is 0 Å². The van der Waals surface area contributed by atoms with Crippen LogP contribution in [0.2, 0.25) is 0 Å². The van der Waals surface area contributed by atoms with Gasteiger partial charge < -0.3 is 44.2 Å². The summed E-state index contributed by atoms with van der Waals surface area (Å²) < 4.78 is 32.1. The van der Waals surface area contributed by atoms with Crippen LogP contribution in [-0.2, 0) is 9.59 Å². The molecule has 42 heavy (non-hydrogen) atoms. The topological polar surface area (TPSA) is 151 Å². The summed E-state index contributed by atoms with van der Waals surface area (Å²) in [5.41, 5.74) is 0.518. The van der Waals surface area contributed by atoms with Crippen molar-refractivity contribution in [1.82, 2.24) is 10.6 Å². The quantitative estimate of drug-likeness (QED) is 0.257. The summed E-state index contributed by atoms with van der Waals surface area (Å²) in [6, 6.07) is 12.7. The van der Waals surface area contributed by atoms with Crippen molar-refractivity contribution in [3.05, 3.63) is 77.0 Å². The highest BCUT2D eigenvalue weighted by Gasteiger charge is 2.26. The molecule has 12 heteroatoms. The zero-order chi connectivity index (χ0) is 30.8. The van der Waals surface area contributed by atoms with Crippen molar-refractivity contribution in [2.24, 2.45) is 0 Å². The summed E-state index contributed by atoms with van der Waals surface area (Å²) in [5, 5.41) is 14.9. The molecule has 0 aromatic heterocycles. The minimum absolute atomic E-state index is 0.0749. The van der Waals surface area contributed by atoms with E-state index in [2.05, 4.69) is 10.6 Å². The summed E-state index contributed by atoms with van der Waals surface area (Å²) >= 11 is 0. The van der Waals surface area contributed by atoms with Gasteiger partial charge in [-0.15, -0.1) is 0 Å². The highest BCUT2D eigenvalue weighted by molar-refractivity contribution is 6.06. The Morgan fingerprint density at radius 3 is 1.62 bits per heavy atom. The number of nitrogens with one attached hydrogen (secondary N) is 2. The molecule has 0 aliphatic carbocycles. The van der Waals surface area contributed by atoms with Gasteiger partial charge in [-0.3, -0.25) is 9.59 Å². The Morgan fingerprint density at radius 2 is 1.19 bits per heavy atom. The number of carboxylic acid groups (broad SMARTS) is 1. The maximum atomic E-state index is 13.6. The van der Waals surface area contributed by atoms with Crippen LogP contribution in [0.15, 0.2) is 60.3 Å². The van der Waals surface area contributed by atoms with Gasteiger partial charge in [-0.05, 0) is 41.5 Å². The lowest BCUT2D eigenvalue weighted by Crippen LogP contribution is -2.39. The first-order chi connectivity index (χ1) is 20.2. The van der Waals surface area contributed by atoms with E-state index in [0.717, 1.165) is 0 Å². The Hall–Kier alpha value is -5.39. The highest BCUT2D eigenvalue weighted by atomic mass is 16.5. The molecule has 0 saturated carbocycles. The predicted molar refractivity (Wildman–Crippen MR) is 153 cm³/mol. The van der Waals surface area contributed by atoms with Crippen molar-refractivity contribution in [3.63, 3.8) is 0 Å². The van der Waals surface area contributed by atoms with Crippen LogP contribution >= 0.6 is 0 Å². The molecule has 3 N–H and O–H groups in total. The number of carbonyl (C=O) groups is 3. The number of methoxy groups -OCH3 is 6. The fourth-order valence-corrected chi connectivity index (χ4v) is 4.06. The highest BCUT2D eigenvalue weighted by Crippen LogP contribution is 2.39. The molecular formula is C30H32N2O10. The Kier molecular flexibility index (Phi) is 10.6. The van der Waals surface area contributed by atoms with Gasteiger partial charge in [0, 0.05) is 5.56 Å². The van der Waals surface area contributed by atoms with E-state index < -0.39 is 23.8 Å². The minimum Gasteiger partial charge on any atom is -0.493 e. The lowest BCUT2D eigenvalue weighted by atomic mass is 10.1. The largest absolute Gasteiger partial charge is 0.493 e. The first-order valence-corrected chi connectivity index (χ1v) is 12.4. The van der Waals surface area contributed by atoms with Crippen molar-refractivity contribution in [3.8, 4) is 34.5 Å². The van der Waals surface area contributed by atoms with Gasteiger partial charge >= 0.3 is 5.97 Å². The second-order valence-corrected chi connectivity index (χ2v) is 8.54. The van der Waals surface area contributed by atoms with Gasteiger partial charge in [-0.25, -0.2) is 4.79 Å². The number of carboxylic acids is 1. The van der Waals surface area contributed by atoms with Gasteiger partial charge in [0.1, 0.15) is 5.70 Å². The molecule has 0 bridgehead atoms. The van der Waals surface area contributed by atoms with E-state index in [1.54, 1.807) is 42.5 Å². The number of hydrogen-bond acceptors (Lipinski definition) is 9. The minimum atomic E-state index is -1.40. The Bertz CT molecular complexity index is 1420. The second-order valence-electron chi connectivity index (χ2n) is 8.54. The van der Waals surface area contributed by atoms with E-state index in [4.69, 9.17) is 28.4 Å². The predicted octanol–water partition coefficient (Wildman–Crippen LogP) is 3.45. The van der Waals surface area contributed by atoms with Crippen LogP contribution in [0, 0.1) is 0 Å². The molecule has 3 aromatic rings. The van der Waals surface area contributed by atoms with E-state index in [1.165, 1.54) is 60.9 Å². The molecule has 3 rings (SSSR count). The Balaban J connectivity index is 2.11.